The maximum atomic E-state index is 11.8. The lowest BCUT2D eigenvalue weighted by Gasteiger charge is -2.12. The number of alkyl halides is 1. The molecule has 106 valence electrons. The van der Waals surface area contributed by atoms with Crippen molar-refractivity contribution in [1.82, 2.24) is 9.88 Å². The molecule has 0 aliphatic rings. The van der Waals surface area contributed by atoms with E-state index in [1.165, 1.54) is 6.07 Å². The van der Waals surface area contributed by atoms with Gasteiger partial charge in [-0.15, -0.1) is 11.6 Å². The van der Waals surface area contributed by atoms with Crippen molar-refractivity contribution in [2.75, 3.05) is 13.2 Å². The molecule has 0 unspecified atom stereocenters. The fraction of sp³-hybridized carbons (Fsp3) is 0.538. The number of nitrogens with zero attached hydrogens (tertiary/aromatic N) is 1. The third-order valence-electron chi connectivity index (χ3n) is 2.59. The van der Waals surface area contributed by atoms with E-state index >= 15 is 0 Å². The summed E-state index contributed by atoms with van der Waals surface area (Å²) in [6.07, 6.45) is 2.45. The molecule has 6 heteroatoms. The first kappa shape index (κ1) is 15.6. The number of aromatic nitrogens is 1. The van der Waals surface area contributed by atoms with Gasteiger partial charge in [0, 0.05) is 24.8 Å². The molecule has 19 heavy (non-hydrogen) atoms. The molecule has 1 amide bonds. The van der Waals surface area contributed by atoms with E-state index in [0.29, 0.717) is 13.1 Å². The van der Waals surface area contributed by atoms with Crippen molar-refractivity contribution in [3.63, 3.8) is 0 Å². The summed E-state index contributed by atoms with van der Waals surface area (Å²) < 4.78 is 7.08. The Morgan fingerprint density at radius 1 is 1.47 bits per heavy atom. The van der Waals surface area contributed by atoms with Gasteiger partial charge >= 0.3 is 0 Å². The Morgan fingerprint density at radius 2 is 2.21 bits per heavy atom. The highest BCUT2D eigenvalue weighted by Crippen LogP contribution is 2.09. The van der Waals surface area contributed by atoms with E-state index < -0.39 is 0 Å². The fourth-order valence-electron chi connectivity index (χ4n) is 1.57. The highest BCUT2D eigenvalue weighted by Gasteiger charge is 2.08. The molecule has 1 heterocycles. The number of halogens is 1. The Balaban J connectivity index is 2.73. The van der Waals surface area contributed by atoms with Gasteiger partial charge in [0.15, 0.2) is 12.4 Å². The molecular weight excluding hydrogens is 268 g/mol. The van der Waals surface area contributed by atoms with Crippen LogP contribution in [0.4, 0.5) is 0 Å². The zero-order valence-corrected chi connectivity index (χ0v) is 12.0. The third-order valence-corrected chi connectivity index (χ3v) is 2.86. The van der Waals surface area contributed by atoms with E-state index in [1.807, 2.05) is 18.4 Å². The molecular formula is C13H19ClN2O3. The Morgan fingerprint density at radius 3 is 2.79 bits per heavy atom. The van der Waals surface area contributed by atoms with Crippen LogP contribution in [0.25, 0.3) is 0 Å². The normalized spacial score (nSPS) is 10.3. The van der Waals surface area contributed by atoms with Gasteiger partial charge in [0.1, 0.15) is 0 Å². The van der Waals surface area contributed by atoms with E-state index in [2.05, 4.69) is 5.32 Å². The van der Waals surface area contributed by atoms with Crippen LogP contribution in [-0.4, -0.2) is 23.6 Å². The molecule has 0 aliphatic heterocycles. The molecule has 1 rings (SSSR count). The second-order valence-electron chi connectivity index (χ2n) is 4.05. The van der Waals surface area contributed by atoms with E-state index in [4.69, 9.17) is 16.3 Å². The van der Waals surface area contributed by atoms with Crippen LogP contribution < -0.4 is 15.5 Å². The largest absolute Gasteiger partial charge is 0.478 e. The Hall–Kier alpha value is -1.49. The molecule has 0 aliphatic carbocycles. The number of hydrogen-bond donors (Lipinski definition) is 1. The highest BCUT2D eigenvalue weighted by molar-refractivity contribution is 6.16. The predicted octanol–water partition coefficient (Wildman–Crippen LogP) is 1.51. The number of rotatable bonds is 7. The first-order valence-corrected chi connectivity index (χ1v) is 6.84. The van der Waals surface area contributed by atoms with Crippen LogP contribution >= 0.6 is 11.6 Å². The van der Waals surface area contributed by atoms with Gasteiger partial charge in [-0.25, -0.2) is 0 Å². The average molecular weight is 287 g/mol. The third kappa shape index (κ3) is 4.59. The van der Waals surface area contributed by atoms with Crippen LogP contribution in [0.3, 0.4) is 0 Å². The Labute approximate surface area is 117 Å². The van der Waals surface area contributed by atoms with Crippen molar-refractivity contribution in [2.24, 2.45) is 0 Å². The molecule has 0 radical (unpaired) electrons. The minimum absolute atomic E-state index is 0.154. The predicted molar refractivity (Wildman–Crippen MR) is 74.7 cm³/mol. The van der Waals surface area contributed by atoms with Crippen LogP contribution in [0.2, 0.25) is 0 Å². The number of carbonyl (C=O) groups excluding carboxylic acids is 1. The number of aryl methyl sites for hydroxylation is 1. The van der Waals surface area contributed by atoms with Crippen LogP contribution in [0.5, 0.6) is 5.75 Å². The first-order valence-electron chi connectivity index (χ1n) is 6.31. The van der Waals surface area contributed by atoms with Crippen LogP contribution in [-0.2, 0) is 17.2 Å². The summed E-state index contributed by atoms with van der Waals surface area (Å²) in [5, 5.41) is 2.68. The lowest BCUT2D eigenvalue weighted by Crippen LogP contribution is -2.30. The standard InChI is InChI=1S/C13H19ClN2O3/c1-3-5-15-13(18)9-19-12-8-16(4-2)10(7-14)6-11(12)17/h6,8H,3-5,7,9H2,1-2H3,(H,15,18). The summed E-state index contributed by atoms with van der Waals surface area (Å²) in [4.78, 5) is 23.2. The smallest absolute Gasteiger partial charge is 0.257 e. The molecule has 5 nitrogen and oxygen atoms in total. The summed E-state index contributed by atoms with van der Waals surface area (Å²) in [6, 6.07) is 1.44. The van der Waals surface area contributed by atoms with Gasteiger partial charge in [-0.2, -0.15) is 0 Å². The summed E-state index contributed by atoms with van der Waals surface area (Å²) in [5.74, 6) is 0.202. The van der Waals surface area contributed by atoms with Crippen molar-refractivity contribution in [2.45, 2.75) is 32.7 Å². The molecule has 0 spiro atoms. The van der Waals surface area contributed by atoms with Crippen molar-refractivity contribution >= 4 is 17.5 Å². The van der Waals surface area contributed by atoms with Crippen molar-refractivity contribution in [1.29, 1.82) is 0 Å². The number of carbonyl (C=O) groups is 1. The van der Waals surface area contributed by atoms with E-state index in [-0.39, 0.29) is 29.6 Å². The Kier molecular flexibility index (Phi) is 6.42. The molecule has 0 atom stereocenters. The second-order valence-corrected chi connectivity index (χ2v) is 4.32. The number of pyridine rings is 1. The van der Waals surface area contributed by atoms with Gasteiger partial charge < -0.3 is 14.6 Å². The summed E-state index contributed by atoms with van der Waals surface area (Å²) in [5.41, 5.74) is 0.473. The first-order chi connectivity index (χ1) is 9.12. The lowest BCUT2D eigenvalue weighted by atomic mass is 10.3. The van der Waals surface area contributed by atoms with Crippen molar-refractivity contribution < 1.29 is 9.53 Å². The van der Waals surface area contributed by atoms with Crippen molar-refractivity contribution in [3.05, 3.63) is 28.2 Å². The van der Waals surface area contributed by atoms with Gasteiger partial charge in [-0.05, 0) is 13.3 Å². The van der Waals surface area contributed by atoms with E-state index in [0.717, 1.165) is 12.1 Å². The van der Waals surface area contributed by atoms with Gasteiger partial charge in [0.2, 0.25) is 5.43 Å². The van der Waals surface area contributed by atoms with Crippen LogP contribution in [0, 0.1) is 0 Å². The second kappa shape index (κ2) is 7.84. The van der Waals surface area contributed by atoms with E-state index in [1.54, 1.807) is 6.20 Å². The number of hydrogen-bond acceptors (Lipinski definition) is 3. The SMILES string of the molecule is CCCNC(=O)COc1cn(CC)c(CCl)cc1=O. The fourth-order valence-corrected chi connectivity index (χ4v) is 1.80. The lowest BCUT2D eigenvalue weighted by molar-refractivity contribution is -0.123. The maximum Gasteiger partial charge on any atom is 0.257 e. The minimum Gasteiger partial charge on any atom is -0.478 e. The Bertz CT molecular complexity index is 485. The van der Waals surface area contributed by atoms with Gasteiger partial charge in [0.25, 0.3) is 5.91 Å². The zero-order valence-electron chi connectivity index (χ0n) is 11.2. The maximum absolute atomic E-state index is 11.8. The summed E-state index contributed by atoms with van der Waals surface area (Å²) >= 11 is 5.76. The summed E-state index contributed by atoms with van der Waals surface area (Å²) in [6.45, 7) is 5.04. The monoisotopic (exact) mass is 286 g/mol. The topological polar surface area (TPSA) is 60.3 Å². The molecule has 1 aromatic heterocycles. The quantitative estimate of drug-likeness (QED) is 0.773. The zero-order chi connectivity index (χ0) is 14.3. The molecule has 0 bridgehead atoms. The van der Waals surface area contributed by atoms with Crippen LogP contribution in [0.1, 0.15) is 26.0 Å². The number of nitrogens with one attached hydrogen (secondary N) is 1. The molecule has 0 saturated carbocycles. The minimum atomic E-state index is -0.261. The average Bonchev–Trinajstić information content (AvgIpc) is 2.43. The van der Waals surface area contributed by atoms with E-state index in [9.17, 15) is 9.59 Å². The van der Waals surface area contributed by atoms with Crippen LogP contribution in [0.15, 0.2) is 17.1 Å². The molecule has 0 saturated heterocycles. The molecule has 1 aromatic rings. The number of ether oxygens (including phenoxy) is 1. The molecule has 0 aromatic carbocycles. The van der Waals surface area contributed by atoms with Gasteiger partial charge in [0.05, 0.1) is 12.1 Å². The van der Waals surface area contributed by atoms with Crippen molar-refractivity contribution in [3.8, 4) is 5.75 Å². The highest BCUT2D eigenvalue weighted by atomic mass is 35.5. The summed E-state index contributed by atoms with van der Waals surface area (Å²) in [7, 11) is 0. The number of amides is 1. The van der Waals surface area contributed by atoms with Gasteiger partial charge in [-0.3, -0.25) is 9.59 Å². The van der Waals surface area contributed by atoms with Gasteiger partial charge in [-0.1, -0.05) is 6.92 Å². The molecule has 0 fully saturated rings. The molecule has 1 N–H and O–H groups in total.